The molecule has 4 aromatic rings. The summed E-state index contributed by atoms with van der Waals surface area (Å²) in [5.41, 5.74) is 11.5. The van der Waals surface area contributed by atoms with Gasteiger partial charge in [0.1, 0.15) is 11.9 Å². The maximum Gasteiger partial charge on any atom is 0.254 e. The summed E-state index contributed by atoms with van der Waals surface area (Å²) in [7, 11) is 3.75. The van der Waals surface area contributed by atoms with Crippen molar-refractivity contribution in [3.63, 3.8) is 0 Å². The van der Waals surface area contributed by atoms with Crippen LogP contribution in [0.15, 0.2) is 36.4 Å². The van der Waals surface area contributed by atoms with Gasteiger partial charge in [0.25, 0.3) is 5.91 Å². The van der Waals surface area contributed by atoms with Gasteiger partial charge in [-0.15, -0.1) is 0 Å². The Kier molecular flexibility index (Phi) is 5.52. The van der Waals surface area contributed by atoms with Gasteiger partial charge < -0.3 is 24.5 Å². The van der Waals surface area contributed by atoms with Crippen LogP contribution in [0.25, 0.3) is 33.5 Å². The quantitative estimate of drug-likeness (QED) is 0.420. The lowest BCUT2D eigenvalue weighted by atomic mass is 9.97. The SMILES string of the molecule is COc1cccc2cc(-c3nc4cc5c(cc4n3C)CCN(C[C@H](N)C(C)F)C5=O)n(CC3CC3)c12. The maximum absolute atomic E-state index is 13.6. The van der Waals surface area contributed by atoms with Crippen molar-refractivity contribution in [2.24, 2.45) is 18.7 Å². The fourth-order valence-electron chi connectivity index (χ4n) is 5.41. The number of hydrogen-bond donors (Lipinski definition) is 1. The van der Waals surface area contributed by atoms with E-state index in [-0.39, 0.29) is 12.5 Å². The molecule has 2 N–H and O–H groups in total. The summed E-state index contributed by atoms with van der Waals surface area (Å²) in [6, 6.07) is 11.6. The number of benzene rings is 2. The van der Waals surface area contributed by atoms with E-state index >= 15 is 0 Å². The zero-order valence-electron chi connectivity index (χ0n) is 21.0. The van der Waals surface area contributed by atoms with Crippen LogP contribution in [0, 0.1) is 5.92 Å². The third-order valence-electron chi connectivity index (χ3n) is 7.77. The standard InChI is InChI=1S/C28H32FN5O2/c1-16(29)21(30)15-33-10-9-18-11-23-22(13-20(18)28(33)35)31-27(32(23)2)24-12-19-5-4-6-25(36-3)26(19)34(24)14-17-7-8-17/h4-6,11-13,16-17,21H,7-10,14-15,30H2,1-3H3/t16?,21-/m0/s1. The van der Waals surface area contributed by atoms with Gasteiger partial charge in [-0.25, -0.2) is 9.37 Å². The van der Waals surface area contributed by atoms with Crippen molar-refractivity contribution >= 4 is 27.8 Å². The van der Waals surface area contributed by atoms with Gasteiger partial charge in [0.2, 0.25) is 0 Å². The van der Waals surface area contributed by atoms with Crippen molar-refractivity contribution in [3.05, 3.63) is 47.5 Å². The average molecular weight is 490 g/mol. The molecule has 1 aliphatic carbocycles. The minimum absolute atomic E-state index is 0.103. The van der Waals surface area contributed by atoms with Crippen molar-refractivity contribution in [2.45, 2.75) is 44.9 Å². The second kappa shape index (κ2) is 8.62. The van der Waals surface area contributed by atoms with Gasteiger partial charge in [-0.3, -0.25) is 4.79 Å². The van der Waals surface area contributed by atoms with Crippen LogP contribution in [0.4, 0.5) is 4.39 Å². The Morgan fingerprint density at radius 1 is 1.25 bits per heavy atom. The van der Waals surface area contributed by atoms with Crippen LogP contribution in [-0.4, -0.2) is 57.3 Å². The first-order valence-electron chi connectivity index (χ1n) is 12.7. The normalized spacial score (nSPS) is 17.6. The number of aryl methyl sites for hydroxylation is 1. The molecule has 0 radical (unpaired) electrons. The molecule has 36 heavy (non-hydrogen) atoms. The van der Waals surface area contributed by atoms with Crippen molar-refractivity contribution in [1.82, 2.24) is 19.0 Å². The number of imidazole rings is 1. The molecule has 188 valence electrons. The van der Waals surface area contributed by atoms with Gasteiger partial charge >= 0.3 is 0 Å². The van der Waals surface area contributed by atoms with E-state index in [4.69, 9.17) is 15.5 Å². The third kappa shape index (κ3) is 3.75. The number of nitrogens with two attached hydrogens (primary N) is 1. The van der Waals surface area contributed by atoms with E-state index in [2.05, 4.69) is 27.3 Å². The molecule has 3 heterocycles. The number of halogens is 1. The number of alkyl halides is 1. The fraction of sp³-hybridized carbons (Fsp3) is 0.429. The molecule has 1 saturated carbocycles. The number of nitrogens with zero attached hydrogens (tertiary/aromatic N) is 4. The molecule has 1 aliphatic heterocycles. The van der Waals surface area contributed by atoms with Gasteiger partial charge in [-0.1, -0.05) is 12.1 Å². The smallest absolute Gasteiger partial charge is 0.254 e. The highest BCUT2D eigenvalue weighted by Crippen LogP contribution is 2.39. The highest BCUT2D eigenvalue weighted by molar-refractivity contribution is 6.01. The summed E-state index contributed by atoms with van der Waals surface area (Å²) >= 11 is 0. The highest BCUT2D eigenvalue weighted by Gasteiger charge is 2.30. The Labute approximate surface area is 209 Å². The summed E-state index contributed by atoms with van der Waals surface area (Å²) in [6.07, 6.45) is 2.03. The lowest BCUT2D eigenvalue weighted by Crippen LogP contribution is -2.47. The number of para-hydroxylation sites is 1. The van der Waals surface area contributed by atoms with Gasteiger partial charge in [0, 0.05) is 37.6 Å². The first kappa shape index (κ1) is 23.0. The monoisotopic (exact) mass is 489 g/mol. The van der Waals surface area contributed by atoms with Crippen LogP contribution in [0.5, 0.6) is 5.75 Å². The Morgan fingerprint density at radius 2 is 2.06 bits per heavy atom. The molecule has 1 fully saturated rings. The Morgan fingerprint density at radius 3 is 2.78 bits per heavy atom. The summed E-state index contributed by atoms with van der Waals surface area (Å²) in [5, 5.41) is 1.13. The van der Waals surface area contributed by atoms with Gasteiger partial charge in [0.05, 0.1) is 35.4 Å². The van der Waals surface area contributed by atoms with Crippen LogP contribution in [0.1, 0.15) is 35.7 Å². The number of rotatable bonds is 7. The zero-order valence-corrected chi connectivity index (χ0v) is 21.0. The first-order valence-corrected chi connectivity index (χ1v) is 12.7. The lowest BCUT2D eigenvalue weighted by Gasteiger charge is -2.31. The molecule has 1 amide bonds. The van der Waals surface area contributed by atoms with Gasteiger partial charge in [-0.2, -0.15) is 0 Å². The molecule has 2 aromatic heterocycles. The van der Waals surface area contributed by atoms with E-state index in [1.165, 1.54) is 19.8 Å². The number of amides is 1. The molecule has 2 atom stereocenters. The van der Waals surface area contributed by atoms with Crippen LogP contribution >= 0.6 is 0 Å². The second-order valence-electron chi connectivity index (χ2n) is 10.3. The van der Waals surface area contributed by atoms with Crippen molar-refractivity contribution in [1.29, 1.82) is 0 Å². The number of carbonyl (C=O) groups excluding carboxylic acids is 1. The number of fused-ring (bicyclic) bond motifs is 3. The largest absolute Gasteiger partial charge is 0.495 e. The topological polar surface area (TPSA) is 78.3 Å². The maximum atomic E-state index is 13.6. The van der Waals surface area contributed by atoms with Gasteiger partial charge in [-0.05, 0) is 61.9 Å². The molecule has 1 unspecified atom stereocenters. The molecule has 2 aliphatic rings. The van der Waals surface area contributed by atoms with Crippen molar-refractivity contribution in [2.75, 3.05) is 20.2 Å². The number of ether oxygens (including phenoxy) is 1. The average Bonchev–Trinajstić information content (AvgIpc) is 3.54. The van der Waals surface area contributed by atoms with Gasteiger partial charge in [0.15, 0.2) is 5.82 Å². The minimum Gasteiger partial charge on any atom is -0.495 e. The summed E-state index contributed by atoms with van der Waals surface area (Å²) in [6.45, 7) is 3.12. The van der Waals surface area contributed by atoms with Crippen LogP contribution in [0.2, 0.25) is 0 Å². The van der Waals surface area contributed by atoms with E-state index in [9.17, 15) is 9.18 Å². The molecule has 0 saturated heterocycles. The van der Waals surface area contributed by atoms with Crippen molar-refractivity contribution < 1.29 is 13.9 Å². The molecule has 2 aromatic carbocycles. The van der Waals surface area contributed by atoms with E-state index in [0.29, 0.717) is 24.4 Å². The Balaban J connectivity index is 1.45. The summed E-state index contributed by atoms with van der Waals surface area (Å²) in [5.74, 6) is 2.30. The van der Waals surface area contributed by atoms with E-state index in [1.807, 2.05) is 25.2 Å². The van der Waals surface area contributed by atoms with E-state index < -0.39 is 12.2 Å². The minimum atomic E-state index is -1.17. The summed E-state index contributed by atoms with van der Waals surface area (Å²) < 4.78 is 23.8. The van der Waals surface area contributed by atoms with Crippen LogP contribution in [-0.2, 0) is 20.0 Å². The predicted molar refractivity (Wildman–Crippen MR) is 139 cm³/mol. The molecule has 0 bridgehead atoms. The predicted octanol–water partition coefficient (Wildman–Crippen LogP) is 4.30. The lowest BCUT2D eigenvalue weighted by molar-refractivity contribution is 0.0713. The molecule has 8 heteroatoms. The molecule has 7 nitrogen and oxygen atoms in total. The highest BCUT2D eigenvalue weighted by atomic mass is 19.1. The molecular formula is C28H32FN5O2. The number of methoxy groups -OCH3 is 1. The molecular weight excluding hydrogens is 457 g/mol. The Hall–Kier alpha value is -3.39. The third-order valence-corrected chi connectivity index (χ3v) is 7.77. The Bertz CT molecular complexity index is 1480. The van der Waals surface area contributed by atoms with Crippen LogP contribution < -0.4 is 10.5 Å². The van der Waals surface area contributed by atoms with Crippen LogP contribution in [0.3, 0.4) is 0 Å². The first-order chi connectivity index (χ1) is 17.4. The molecule has 6 rings (SSSR count). The second-order valence-corrected chi connectivity index (χ2v) is 10.3. The number of carbonyl (C=O) groups is 1. The summed E-state index contributed by atoms with van der Waals surface area (Å²) in [4.78, 5) is 19.9. The molecule has 0 spiro atoms. The number of aromatic nitrogens is 3. The van der Waals surface area contributed by atoms with E-state index in [1.54, 1.807) is 12.0 Å². The van der Waals surface area contributed by atoms with Crippen molar-refractivity contribution in [3.8, 4) is 17.3 Å². The zero-order chi connectivity index (χ0) is 25.1. The fourth-order valence-corrected chi connectivity index (χ4v) is 5.41. The van der Waals surface area contributed by atoms with E-state index in [0.717, 1.165) is 51.3 Å². The number of hydrogen-bond acceptors (Lipinski definition) is 4.